The number of aromatic amines is 1. The molecule has 5 nitrogen and oxygen atoms in total. The van der Waals surface area contributed by atoms with E-state index in [0.717, 1.165) is 23.4 Å². The van der Waals surface area contributed by atoms with Crippen LogP contribution in [0.15, 0.2) is 79.6 Å². The van der Waals surface area contributed by atoms with Gasteiger partial charge in [0, 0.05) is 42.3 Å². The van der Waals surface area contributed by atoms with Crippen LogP contribution in [0.4, 0.5) is 0 Å². The van der Waals surface area contributed by atoms with E-state index < -0.39 is 0 Å². The molecule has 26 heavy (non-hydrogen) atoms. The van der Waals surface area contributed by atoms with E-state index in [4.69, 9.17) is 0 Å². The Balaban J connectivity index is 1.66. The van der Waals surface area contributed by atoms with Crippen LogP contribution in [-0.2, 0) is 0 Å². The lowest BCUT2D eigenvalue weighted by Crippen LogP contribution is -2.18. The first-order valence-electron chi connectivity index (χ1n) is 8.67. The standard InChI is InChI=1S/C21H21N5/c1-22-14-21(17-7-5-16(6-8-17)19-12-24-25-13-19)18-3-2-4-20(11-18)26-10-9-23-15-26/h2-13,15,21-22H,14H2,1H3,(H,24,25). The minimum absolute atomic E-state index is 0.280. The van der Waals surface area contributed by atoms with E-state index >= 15 is 0 Å². The number of hydrogen-bond donors (Lipinski definition) is 2. The lowest BCUT2D eigenvalue weighted by molar-refractivity contribution is 0.707. The summed E-state index contributed by atoms with van der Waals surface area (Å²) in [5.41, 5.74) is 5.95. The zero-order valence-corrected chi connectivity index (χ0v) is 14.6. The van der Waals surface area contributed by atoms with Crippen LogP contribution in [0.1, 0.15) is 17.0 Å². The normalized spacial score (nSPS) is 12.2. The summed E-state index contributed by atoms with van der Waals surface area (Å²) in [5, 5.41) is 10.2. The van der Waals surface area contributed by atoms with Crippen LogP contribution in [0.3, 0.4) is 0 Å². The molecule has 4 rings (SSSR count). The van der Waals surface area contributed by atoms with Crippen molar-refractivity contribution in [2.24, 2.45) is 0 Å². The predicted octanol–water partition coefficient (Wildman–Crippen LogP) is 3.61. The number of nitrogens with one attached hydrogen (secondary N) is 2. The van der Waals surface area contributed by atoms with Crippen molar-refractivity contribution >= 4 is 0 Å². The van der Waals surface area contributed by atoms with Gasteiger partial charge in [-0.3, -0.25) is 5.10 Å². The molecule has 0 aliphatic heterocycles. The number of H-pyrrole nitrogens is 1. The van der Waals surface area contributed by atoms with Crippen LogP contribution >= 0.6 is 0 Å². The quantitative estimate of drug-likeness (QED) is 0.562. The molecule has 0 fully saturated rings. The van der Waals surface area contributed by atoms with Crippen LogP contribution in [-0.4, -0.2) is 33.3 Å². The second kappa shape index (κ2) is 7.37. The molecule has 0 aliphatic rings. The molecule has 2 heterocycles. The van der Waals surface area contributed by atoms with Crippen LogP contribution < -0.4 is 5.32 Å². The van der Waals surface area contributed by atoms with Crippen LogP contribution in [0, 0.1) is 0 Å². The number of rotatable bonds is 6. The fourth-order valence-corrected chi connectivity index (χ4v) is 3.26. The van der Waals surface area contributed by atoms with Gasteiger partial charge in [0.05, 0.1) is 12.5 Å². The number of benzene rings is 2. The Bertz CT molecular complexity index is 941. The first-order valence-corrected chi connectivity index (χ1v) is 8.67. The molecule has 130 valence electrons. The topological polar surface area (TPSA) is 58.5 Å². The summed E-state index contributed by atoms with van der Waals surface area (Å²) in [6.07, 6.45) is 9.34. The lowest BCUT2D eigenvalue weighted by Gasteiger charge is -2.19. The molecule has 0 saturated heterocycles. The smallest absolute Gasteiger partial charge is 0.0991 e. The molecule has 0 amide bonds. The highest BCUT2D eigenvalue weighted by atomic mass is 15.1. The highest BCUT2D eigenvalue weighted by Crippen LogP contribution is 2.28. The van der Waals surface area contributed by atoms with Gasteiger partial charge in [0.1, 0.15) is 0 Å². The second-order valence-electron chi connectivity index (χ2n) is 6.28. The molecular weight excluding hydrogens is 322 g/mol. The first kappa shape index (κ1) is 16.3. The molecule has 0 aliphatic carbocycles. The number of nitrogens with zero attached hydrogens (tertiary/aromatic N) is 3. The van der Waals surface area contributed by atoms with E-state index in [9.17, 15) is 0 Å². The molecule has 0 saturated carbocycles. The Labute approximate surface area is 152 Å². The Hall–Kier alpha value is -3.18. The fourth-order valence-electron chi connectivity index (χ4n) is 3.26. The van der Waals surface area contributed by atoms with Gasteiger partial charge in [-0.05, 0) is 35.9 Å². The van der Waals surface area contributed by atoms with E-state index in [2.05, 4.69) is 69.0 Å². The third kappa shape index (κ3) is 3.30. The van der Waals surface area contributed by atoms with Crippen LogP contribution in [0.5, 0.6) is 0 Å². The SMILES string of the molecule is CNCC(c1ccc(-c2cn[nH]c2)cc1)c1cccc(-n2ccnc2)c1. The Morgan fingerprint density at radius 3 is 2.65 bits per heavy atom. The van der Waals surface area contributed by atoms with Gasteiger partial charge in [0.15, 0.2) is 0 Å². The average Bonchev–Trinajstić information content (AvgIpc) is 3.40. The van der Waals surface area contributed by atoms with Gasteiger partial charge in [0.2, 0.25) is 0 Å². The fraction of sp³-hybridized carbons (Fsp3) is 0.143. The summed E-state index contributed by atoms with van der Waals surface area (Å²) >= 11 is 0. The largest absolute Gasteiger partial charge is 0.319 e. The van der Waals surface area contributed by atoms with Crippen molar-refractivity contribution in [3.63, 3.8) is 0 Å². The Morgan fingerprint density at radius 2 is 1.96 bits per heavy atom. The molecule has 5 heteroatoms. The van der Waals surface area contributed by atoms with E-state index in [1.807, 2.05) is 36.5 Å². The van der Waals surface area contributed by atoms with E-state index in [-0.39, 0.29) is 5.92 Å². The molecular formula is C21H21N5. The number of aromatic nitrogens is 4. The van der Waals surface area contributed by atoms with Gasteiger partial charge in [-0.25, -0.2) is 4.98 Å². The third-order valence-electron chi connectivity index (χ3n) is 4.63. The summed E-state index contributed by atoms with van der Waals surface area (Å²) in [5.74, 6) is 0.280. The van der Waals surface area contributed by atoms with Gasteiger partial charge < -0.3 is 9.88 Å². The number of hydrogen-bond acceptors (Lipinski definition) is 3. The summed E-state index contributed by atoms with van der Waals surface area (Å²) in [4.78, 5) is 4.14. The molecule has 0 spiro atoms. The van der Waals surface area contributed by atoms with Crippen LogP contribution in [0.2, 0.25) is 0 Å². The minimum Gasteiger partial charge on any atom is -0.319 e. The zero-order valence-electron chi connectivity index (χ0n) is 14.6. The molecule has 2 aromatic carbocycles. The second-order valence-corrected chi connectivity index (χ2v) is 6.28. The van der Waals surface area contributed by atoms with Crippen molar-refractivity contribution in [2.45, 2.75) is 5.92 Å². The molecule has 1 atom stereocenters. The maximum atomic E-state index is 4.14. The minimum atomic E-state index is 0.280. The predicted molar refractivity (Wildman–Crippen MR) is 103 cm³/mol. The van der Waals surface area contributed by atoms with Gasteiger partial charge in [-0.15, -0.1) is 0 Å². The Kier molecular flexibility index (Phi) is 4.62. The maximum absolute atomic E-state index is 4.14. The van der Waals surface area contributed by atoms with Gasteiger partial charge >= 0.3 is 0 Å². The molecule has 0 radical (unpaired) electrons. The summed E-state index contributed by atoms with van der Waals surface area (Å²) < 4.78 is 2.03. The molecule has 1 unspecified atom stereocenters. The van der Waals surface area contributed by atoms with Crippen molar-refractivity contribution in [1.82, 2.24) is 25.1 Å². The lowest BCUT2D eigenvalue weighted by atomic mass is 9.90. The number of imidazole rings is 1. The number of likely N-dealkylation sites (N-methyl/N-ethyl adjacent to an activating group) is 1. The first-order chi connectivity index (χ1) is 12.8. The Morgan fingerprint density at radius 1 is 1.08 bits per heavy atom. The average molecular weight is 343 g/mol. The maximum Gasteiger partial charge on any atom is 0.0991 e. The van der Waals surface area contributed by atoms with Gasteiger partial charge in [0.25, 0.3) is 0 Å². The van der Waals surface area contributed by atoms with Crippen molar-refractivity contribution in [3.05, 3.63) is 90.8 Å². The highest BCUT2D eigenvalue weighted by molar-refractivity contribution is 5.62. The van der Waals surface area contributed by atoms with Gasteiger partial charge in [-0.2, -0.15) is 5.10 Å². The summed E-state index contributed by atoms with van der Waals surface area (Å²) in [6, 6.07) is 17.3. The van der Waals surface area contributed by atoms with Crippen molar-refractivity contribution in [2.75, 3.05) is 13.6 Å². The van der Waals surface area contributed by atoms with E-state index in [1.165, 1.54) is 11.1 Å². The molecule has 0 bridgehead atoms. The molecule has 2 aromatic heterocycles. The highest BCUT2D eigenvalue weighted by Gasteiger charge is 2.14. The van der Waals surface area contributed by atoms with Gasteiger partial charge in [-0.1, -0.05) is 36.4 Å². The third-order valence-corrected chi connectivity index (χ3v) is 4.63. The summed E-state index contributed by atoms with van der Waals surface area (Å²) in [6.45, 7) is 0.873. The monoisotopic (exact) mass is 343 g/mol. The molecule has 4 aromatic rings. The molecule has 2 N–H and O–H groups in total. The van der Waals surface area contributed by atoms with Crippen molar-refractivity contribution < 1.29 is 0 Å². The van der Waals surface area contributed by atoms with E-state index in [0.29, 0.717) is 0 Å². The summed E-state index contributed by atoms with van der Waals surface area (Å²) in [7, 11) is 1.99. The zero-order chi connectivity index (χ0) is 17.8. The van der Waals surface area contributed by atoms with Crippen molar-refractivity contribution in [3.8, 4) is 16.8 Å². The van der Waals surface area contributed by atoms with E-state index in [1.54, 1.807) is 6.20 Å². The van der Waals surface area contributed by atoms with Crippen LogP contribution in [0.25, 0.3) is 16.8 Å². The van der Waals surface area contributed by atoms with Crippen molar-refractivity contribution in [1.29, 1.82) is 0 Å².